The molecule has 0 saturated heterocycles. The van der Waals surface area contributed by atoms with E-state index in [1.54, 1.807) is 11.8 Å². The number of rotatable bonds is 1. The van der Waals surface area contributed by atoms with Gasteiger partial charge in [-0.25, -0.2) is 0 Å². The van der Waals surface area contributed by atoms with Crippen molar-refractivity contribution in [3.8, 4) is 0 Å². The predicted molar refractivity (Wildman–Crippen MR) is 55.1 cm³/mol. The first-order valence-corrected chi connectivity index (χ1v) is 5.45. The first-order valence-electron chi connectivity index (χ1n) is 4.23. The van der Waals surface area contributed by atoms with Crippen LogP contribution in [-0.2, 0) is 0 Å². The third kappa shape index (κ3) is 1.20. The lowest BCUT2D eigenvalue weighted by atomic mass is 10.0. The minimum Gasteiger partial charge on any atom is -0.384 e. The molecule has 0 aliphatic carbocycles. The molecule has 0 amide bonds. The SMILES string of the molecule is CSc1ccc2c(c1)NCC2C. The van der Waals surface area contributed by atoms with E-state index < -0.39 is 0 Å². The predicted octanol–water partition coefficient (Wildman–Crippen LogP) is 2.94. The van der Waals surface area contributed by atoms with Gasteiger partial charge in [0, 0.05) is 23.0 Å². The zero-order valence-corrected chi connectivity index (χ0v) is 8.24. The van der Waals surface area contributed by atoms with Crippen LogP contribution in [0, 0.1) is 0 Å². The van der Waals surface area contributed by atoms with Gasteiger partial charge in [-0.15, -0.1) is 11.8 Å². The maximum Gasteiger partial charge on any atom is 0.0387 e. The lowest BCUT2D eigenvalue weighted by Crippen LogP contribution is -1.95. The summed E-state index contributed by atoms with van der Waals surface area (Å²) in [5.74, 6) is 0.677. The highest BCUT2D eigenvalue weighted by atomic mass is 32.2. The van der Waals surface area contributed by atoms with Crippen molar-refractivity contribution < 1.29 is 0 Å². The van der Waals surface area contributed by atoms with Gasteiger partial charge in [0.1, 0.15) is 0 Å². The van der Waals surface area contributed by atoms with Gasteiger partial charge in [0.25, 0.3) is 0 Å². The molecule has 0 spiro atoms. The first kappa shape index (κ1) is 7.99. The van der Waals surface area contributed by atoms with Gasteiger partial charge >= 0.3 is 0 Å². The highest BCUT2D eigenvalue weighted by Crippen LogP contribution is 2.33. The van der Waals surface area contributed by atoms with Crippen molar-refractivity contribution in [2.45, 2.75) is 17.7 Å². The lowest BCUT2D eigenvalue weighted by Gasteiger charge is -2.03. The molecule has 0 fully saturated rings. The van der Waals surface area contributed by atoms with Gasteiger partial charge in [0.05, 0.1) is 0 Å². The van der Waals surface area contributed by atoms with Crippen molar-refractivity contribution in [1.82, 2.24) is 0 Å². The second kappa shape index (κ2) is 3.02. The van der Waals surface area contributed by atoms with E-state index in [9.17, 15) is 0 Å². The fourth-order valence-corrected chi connectivity index (χ4v) is 2.06. The molecule has 1 N–H and O–H groups in total. The third-order valence-electron chi connectivity index (χ3n) is 2.39. The molecule has 0 radical (unpaired) electrons. The summed E-state index contributed by atoms with van der Waals surface area (Å²) in [5.41, 5.74) is 2.79. The van der Waals surface area contributed by atoms with Gasteiger partial charge in [-0.3, -0.25) is 0 Å². The summed E-state index contributed by atoms with van der Waals surface area (Å²) in [6, 6.07) is 6.68. The molecular weight excluding hydrogens is 166 g/mol. The number of anilines is 1. The van der Waals surface area contributed by atoms with Crippen LogP contribution in [0.3, 0.4) is 0 Å². The van der Waals surface area contributed by atoms with Crippen LogP contribution in [0.4, 0.5) is 5.69 Å². The minimum atomic E-state index is 0.677. The van der Waals surface area contributed by atoms with Crippen LogP contribution in [0.25, 0.3) is 0 Å². The molecule has 1 aliphatic rings. The smallest absolute Gasteiger partial charge is 0.0387 e. The van der Waals surface area contributed by atoms with E-state index in [0.717, 1.165) is 6.54 Å². The normalized spacial score (nSPS) is 20.3. The van der Waals surface area contributed by atoms with Crippen molar-refractivity contribution >= 4 is 17.4 Å². The average molecular weight is 179 g/mol. The summed E-state index contributed by atoms with van der Waals surface area (Å²) in [5, 5.41) is 3.41. The molecule has 0 aromatic heterocycles. The van der Waals surface area contributed by atoms with E-state index in [0.29, 0.717) is 5.92 Å². The molecular formula is C10H13NS. The van der Waals surface area contributed by atoms with Gasteiger partial charge in [0.2, 0.25) is 0 Å². The summed E-state index contributed by atoms with van der Waals surface area (Å²) in [6.07, 6.45) is 2.11. The Labute approximate surface area is 77.6 Å². The van der Waals surface area contributed by atoms with E-state index >= 15 is 0 Å². The molecule has 1 aliphatic heterocycles. The highest BCUT2D eigenvalue weighted by Gasteiger charge is 2.17. The average Bonchev–Trinajstić information content (AvgIpc) is 2.47. The number of hydrogen-bond acceptors (Lipinski definition) is 2. The second-order valence-electron chi connectivity index (χ2n) is 3.24. The van der Waals surface area contributed by atoms with Crippen LogP contribution in [0.15, 0.2) is 23.1 Å². The largest absolute Gasteiger partial charge is 0.384 e. The molecule has 1 nitrogen and oxygen atoms in total. The van der Waals surface area contributed by atoms with E-state index in [1.165, 1.54) is 16.1 Å². The maximum atomic E-state index is 3.41. The zero-order valence-electron chi connectivity index (χ0n) is 7.42. The van der Waals surface area contributed by atoms with E-state index in [1.807, 2.05) is 0 Å². The Morgan fingerprint density at radius 2 is 2.33 bits per heavy atom. The third-order valence-corrected chi connectivity index (χ3v) is 3.12. The van der Waals surface area contributed by atoms with Crippen LogP contribution >= 0.6 is 11.8 Å². The van der Waals surface area contributed by atoms with Crippen molar-refractivity contribution in [2.75, 3.05) is 18.1 Å². The summed E-state index contributed by atoms with van der Waals surface area (Å²) in [6.45, 7) is 3.35. The molecule has 1 unspecified atom stereocenters. The fourth-order valence-electron chi connectivity index (χ4n) is 1.62. The van der Waals surface area contributed by atoms with Crippen LogP contribution < -0.4 is 5.32 Å². The number of thioether (sulfide) groups is 1. The van der Waals surface area contributed by atoms with Crippen LogP contribution in [0.1, 0.15) is 18.4 Å². The summed E-state index contributed by atoms with van der Waals surface area (Å²) >= 11 is 1.80. The number of hydrogen-bond donors (Lipinski definition) is 1. The Bertz CT molecular complexity index is 296. The van der Waals surface area contributed by atoms with E-state index in [4.69, 9.17) is 0 Å². The molecule has 12 heavy (non-hydrogen) atoms. The van der Waals surface area contributed by atoms with Crippen LogP contribution in [0.5, 0.6) is 0 Å². The molecule has 2 rings (SSSR count). The zero-order chi connectivity index (χ0) is 8.55. The quantitative estimate of drug-likeness (QED) is 0.665. The van der Waals surface area contributed by atoms with E-state index in [-0.39, 0.29) is 0 Å². The van der Waals surface area contributed by atoms with Crippen molar-refractivity contribution in [3.63, 3.8) is 0 Å². The molecule has 2 heteroatoms. The summed E-state index contributed by atoms with van der Waals surface area (Å²) in [7, 11) is 0. The second-order valence-corrected chi connectivity index (χ2v) is 4.11. The van der Waals surface area contributed by atoms with Crippen LogP contribution in [-0.4, -0.2) is 12.8 Å². The van der Waals surface area contributed by atoms with Gasteiger partial charge in [-0.05, 0) is 24.0 Å². The number of nitrogens with one attached hydrogen (secondary N) is 1. The Morgan fingerprint density at radius 1 is 1.50 bits per heavy atom. The van der Waals surface area contributed by atoms with Gasteiger partial charge in [-0.2, -0.15) is 0 Å². The summed E-state index contributed by atoms with van der Waals surface area (Å²) < 4.78 is 0. The van der Waals surface area contributed by atoms with Gasteiger partial charge in [-0.1, -0.05) is 13.0 Å². The molecule has 1 atom stereocenters. The van der Waals surface area contributed by atoms with E-state index in [2.05, 4.69) is 36.7 Å². The number of benzene rings is 1. The maximum absolute atomic E-state index is 3.41. The Morgan fingerprint density at radius 3 is 3.08 bits per heavy atom. The monoisotopic (exact) mass is 179 g/mol. The minimum absolute atomic E-state index is 0.677. The standard InChI is InChI=1S/C10H13NS/c1-7-6-11-10-5-8(12-2)3-4-9(7)10/h3-5,7,11H,6H2,1-2H3. The Kier molecular flexibility index (Phi) is 2.01. The van der Waals surface area contributed by atoms with Gasteiger partial charge < -0.3 is 5.32 Å². The molecule has 1 aromatic carbocycles. The Hall–Kier alpha value is -0.630. The number of fused-ring (bicyclic) bond motifs is 1. The molecule has 1 aromatic rings. The fraction of sp³-hybridized carbons (Fsp3) is 0.400. The van der Waals surface area contributed by atoms with Crippen molar-refractivity contribution in [3.05, 3.63) is 23.8 Å². The Balaban J connectivity index is 2.41. The van der Waals surface area contributed by atoms with Crippen LogP contribution in [0.2, 0.25) is 0 Å². The molecule has 0 saturated carbocycles. The topological polar surface area (TPSA) is 12.0 Å². The molecule has 0 bridgehead atoms. The van der Waals surface area contributed by atoms with Gasteiger partial charge in [0.15, 0.2) is 0 Å². The first-order chi connectivity index (χ1) is 5.81. The molecule has 1 heterocycles. The van der Waals surface area contributed by atoms with Crippen molar-refractivity contribution in [1.29, 1.82) is 0 Å². The highest BCUT2D eigenvalue weighted by molar-refractivity contribution is 7.98. The molecule has 64 valence electrons. The lowest BCUT2D eigenvalue weighted by molar-refractivity contribution is 0.854. The van der Waals surface area contributed by atoms with Crippen molar-refractivity contribution in [2.24, 2.45) is 0 Å². The summed E-state index contributed by atoms with van der Waals surface area (Å²) in [4.78, 5) is 1.34.